The summed E-state index contributed by atoms with van der Waals surface area (Å²) in [5.41, 5.74) is 0. The topological polar surface area (TPSA) is 12.0 Å². The maximum Gasteiger partial charge on any atom is 0.253 e. The van der Waals surface area contributed by atoms with Crippen molar-refractivity contribution in [1.82, 2.24) is 5.32 Å². The van der Waals surface area contributed by atoms with Gasteiger partial charge >= 0.3 is 0 Å². The van der Waals surface area contributed by atoms with Crippen LogP contribution in [0.1, 0.15) is 33.1 Å². The Morgan fingerprint density at radius 1 is 1.17 bits per heavy atom. The molecule has 2 atom stereocenters. The van der Waals surface area contributed by atoms with Crippen LogP contribution in [0.3, 0.4) is 0 Å². The van der Waals surface area contributed by atoms with Gasteiger partial charge in [-0.1, -0.05) is 20.3 Å². The van der Waals surface area contributed by atoms with Crippen molar-refractivity contribution < 1.29 is 8.78 Å². The first kappa shape index (κ1) is 9.90. The molecule has 0 aromatic carbocycles. The molecule has 0 spiro atoms. The van der Waals surface area contributed by atoms with Gasteiger partial charge in [-0.25, -0.2) is 8.78 Å². The van der Waals surface area contributed by atoms with Gasteiger partial charge in [0.25, 0.3) is 6.43 Å². The Labute approximate surface area is 72.5 Å². The van der Waals surface area contributed by atoms with Crippen LogP contribution in [0.5, 0.6) is 0 Å². The van der Waals surface area contributed by atoms with Crippen molar-refractivity contribution in [3.63, 3.8) is 0 Å². The molecule has 1 saturated heterocycles. The highest BCUT2D eigenvalue weighted by atomic mass is 19.3. The van der Waals surface area contributed by atoms with Crippen LogP contribution < -0.4 is 5.32 Å². The smallest absolute Gasteiger partial charge is 0.253 e. The van der Waals surface area contributed by atoms with Gasteiger partial charge < -0.3 is 5.32 Å². The summed E-state index contributed by atoms with van der Waals surface area (Å²) < 4.78 is 24.6. The van der Waals surface area contributed by atoms with Gasteiger partial charge in [0.2, 0.25) is 0 Å². The summed E-state index contributed by atoms with van der Waals surface area (Å²) in [6.07, 6.45) is 0.402. The minimum Gasteiger partial charge on any atom is -0.306 e. The molecule has 1 rings (SSSR count). The van der Waals surface area contributed by atoms with E-state index in [0.29, 0.717) is 12.3 Å². The lowest BCUT2D eigenvalue weighted by Crippen LogP contribution is -2.48. The Bertz CT molecular complexity index is 122. The SMILES string of the molecule is CC(C)C1CCCC(C(F)F)N1. The molecule has 0 saturated carbocycles. The largest absolute Gasteiger partial charge is 0.306 e. The number of piperidine rings is 1. The normalized spacial score (nSPS) is 31.5. The predicted molar refractivity (Wildman–Crippen MR) is 45.4 cm³/mol. The molecule has 2 unspecified atom stereocenters. The highest BCUT2D eigenvalue weighted by Crippen LogP contribution is 2.21. The van der Waals surface area contributed by atoms with Gasteiger partial charge in [-0.3, -0.25) is 0 Å². The van der Waals surface area contributed by atoms with Crippen molar-refractivity contribution in [3.8, 4) is 0 Å². The Balaban J connectivity index is 2.40. The number of halogens is 2. The zero-order valence-electron chi connectivity index (χ0n) is 7.69. The van der Waals surface area contributed by atoms with E-state index in [1.54, 1.807) is 0 Å². The summed E-state index contributed by atoms with van der Waals surface area (Å²) in [6.45, 7) is 4.15. The van der Waals surface area contributed by atoms with Crippen LogP contribution in [0.2, 0.25) is 0 Å². The summed E-state index contributed by atoms with van der Waals surface area (Å²) >= 11 is 0. The second-order valence-corrected chi connectivity index (χ2v) is 3.89. The molecule has 0 aromatic rings. The molecule has 3 heteroatoms. The van der Waals surface area contributed by atoms with E-state index in [1.165, 1.54) is 0 Å². The average molecular weight is 177 g/mol. The molecular weight excluding hydrogens is 160 g/mol. The average Bonchev–Trinajstić information content (AvgIpc) is 2.04. The first-order chi connectivity index (χ1) is 5.61. The first-order valence-corrected chi connectivity index (χ1v) is 4.65. The van der Waals surface area contributed by atoms with Crippen LogP contribution >= 0.6 is 0 Å². The lowest BCUT2D eigenvalue weighted by molar-refractivity contribution is 0.0683. The molecule has 1 nitrogen and oxygen atoms in total. The maximum atomic E-state index is 12.3. The van der Waals surface area contributed by atoms with E-state index >= 15 is 0 Å². The van der Waals surface area contributed by atoms with E-state index in [9.17, 15) is 8.78 Å². The third-order valence-corrected chi connectivity index (χ3v) is 2.57. The summed E-state index contributed by atoms with van der Waals surface area (Å²) in [5.74, 6) is 0.464. The summed E-state index contributed by atoms with van der Waals surface area (Å²) in [4.78, 5) is 0. The quantitative estimate of drug-likeness (QED) is 0.683. The molecule has 1 fully saturated rings. The molecule has 0 aromatic heterocycles. The highest BCUT2D eigenvalue weighted by Gasteiger charge is 2.28. The van der Waals surface area contributed by atoms with Gasteiger partial charge in [-0.15, -0.1) is 0 Å². The van der Waals surface area contributed by atoms with E-state index in [4.69, 9.17) is 0 Å². The Kier molecular flexibility index (Phi) is 3.44. The van der Waals surface area contributed by atoms with Crippen LogP contribution in [-0.4, -0.2) is 18.5 Å². The van der Waals surface area contributed by atoms with Gasteiger partial charge in [0, 0.05) is 6.04 Å². The number of nitrogens with one attached hydrogen (secondary N) is 1. The zero-order valence-corrected chi connectivity index (χ0v) is 7.69. The lowest BCUT2D eigenvalue weighted by Gasteiger charge is -2.32. The fourth-order valence-electron chi connectivity index (χ4n) is 1.72. The van der Waals surface area contributed by atoms with E-state index in [2.05, 4.69) is 19.2 Å². The molecule has 0 radical (unpaired) electrons. The van der Waals surface area contributed by atoms with Gasteiger partial charge in [-0.05, 0) is 18.8 Å². The fourth-order valence-corrected chi connectivity index (χ4v) is 1.72. The molecular formula is C9H17F2N. The van der Waals surface area contributed by atoms with Crippen molar-refractivity contribution in [2.75, 3.05) is 0 Å². The van der Waals surface area contributed by atoms with Crippen molar-refractivity contribution in [3.05, 3.63) is 0 Å². The monoisotopic (exact) mass is 177 g/mol. The molecule has 0 bridgehead atoms. The molecule has 72 valence electrons. The van der Waals surface area contributed by atoms with Crippen LogP contribution in [0.25, 0.3) is 0 Å². The van der Waals surface area contributed by atoms with Gasteiger partial charge in [0.1, 0.15) is 0 Å². The van der Waals surface area contributed by atoms with Crippen molar-refractivity contribution in [1.29, 1.82) is 0 Å². The molecule has 0 amide bonds. The van der Waals surface area contributed by atoms with Crippen LogP contribution in [-0.2, 0) is 0 Å². The third-order valence-electron chi connectivity index (χ3n) is 2.57. The van der Waals surface area contributed by atoms with Crippen LogP contribution in [0.15, 0.2) is 0 Å². The summed E-state index contributed by atoms with van der Waals surface area (Å²) in [5, 5.41) is 3.00. The van der Waals surface area contributed by atoms with Crippen molar-refractivity contribution in [2.24, 2.45) is 5.92 Å². The number of hydrogen-bond acceptors (Lipinski definition) is 1. The number of alkyl halides is 2. The van der Waals surface area contributed by atoms with Crippen LogP contribution in [0, 0.1) is 5.92 Å². The Hall–Kier alpha value is -0.180. The van der Waals surface area contributed by atoms with Crippen LogP contribution in [0.4, 0.5) is 8.78 Å². The maximum absolute atomic E-state index is 12.3. The van der Waals surface area contributed by atoms with E-state index in [0.717, 1.165) is 12.8 Å². The van der Waals surface area contributed by atoms with Crippen molar-refractivity contribution in [2.45, 2.75) is 51.6 Å². The van der Waals surface area contributed by atoms with E-state index in [1.807, 2.05) is 0 Å². The highest BCUT2D eigenvalue weighted by molar-refractivity contribution is 4.83. The summed E-state index contributed by atoms with van der Waals surface area (Å²) in [6, 6.07) is -0.274. The fraction of sp³-hybridized carbons (Fsp3) is 1.00. The van der Waals surface area contributed by atoms with E-state index < -0.39 is 12.5 Å². The minimum absolute atomic E-state index is 0.290. The van der Waals surface area contributed by atoms with Gasteiger partial charge in [-0.2, -0.15) is 0 Å². The first-order valence-electron chi connectivity index (χ1n) is 4.65. The minimum atomic E-state index is -2.20. The van der Waals surface area contributed by atoms with E-state index in [-0.39, 0.29) is 6.04 Å². The van der Waals surface area contributed by atoms with Crippen molar-refractivity contribution >= 4 is 0 Å². The zero-order chi connectivity index (χ0) is 9.14. The second-order valence-electron chi connectivity index (χ2n) is 3.89. The molecule has 1 N–H and O–H groups in total. The molecule has 1 aliphatic rings. The lowest BCUT2D eigenvalue weighted by atomic mass is 9.91. The standard InChI is InChI=1S/C9H17F2N/c1-6(2)7-4-3-5-8(12-7)9(10)11/h6-9,12H,3-5H2,1-2H3. The number of hydrogen-bond donors (Lipinski definition) is 1. The predicted octanol–water partition coefficient (Wildman–Crippen LogP) is 2.42. The van der Waals surface area contributed by atoms with Gasteiger partial charge in [0.05, 0.1) is 6.04 Å². The second kappa shape index (κ2) is 4.17. The van der Waals surface area contributed by atoms with Gasteiger partial charge in [0.15, 0.2) is 0 Å². The molecule has 12 heavy (non-hydrogen) atoms. The molecule has 1 heterocycles. The molecule has 1 aliphatic heterocycles. The third kappa shape index (κ3) is 2.41. The molecule has 0 aliphatic carbocycles. The Morgan fingerprint density at radius 2 is 1.75 bits per heavy atom. The Morgan fingerprint density at radius 3 is 2.25 bits per heavy atom. The summed E-state index contributed by atoms with van der Waals surface area (Å²) in [7, 11) is 0. The number of rotatable bonds is 2.